The van der Waals surface area contributed by atoms with Crippen LogP contribution in [0.1, 0.15) is 5.56 Å². The van der Waals surface area contributed by atoms with Crippen molar-refractivity contribution >= 4 is 12.1 Å². The van der Waals surface area contributed by atoms with Gasteiger partial charge in [-0.25, -0.2) is 19.4 Å². The lowest BCUT2D eigenvalue weighted by Gasteiger charge is -2.12. The Balaban J connectivity index is 2.40. The minimum atomic E-state index is -0.873. The van der Waals surface area contributed by atoms with Crippen LogP contribution in [0.4, 0.5) is 4.79 Å². The Morgan fingerprint density at radius 3 is 2.39 bits per heavy atom. The lowest BCUT2D eigenvalue weighted by Crippen LogP contribution is -2.36. The van der Waals surface area contributed by atoms with Crippen molar-refractivity contribution in [1.29, 1.82) is 0 Å². The van der Waals surface area contributed by atoms with E-state index in [0.29, 0.717) is 6.42 Å². The molecule has 18 heavy (non-hydrogen) atoms. The summed E-state index contributed by atoms with van der Waals surface area (Å²) < 4.78 is 0. The Hall–Kier alpha value is -2.08. The third kappa shape index (κ3) is 4.42. The highest BCUT2D eigenvalue weighted by Crippen LogP contribution is 2.03. The van der Waals surface area contributed by atoms with Crippen LogP contribution in [0.25, 0.3) is 0 Å². The molecule has 0 radical (unpaired) electrons. The van der Waals surface area contributed by atoms with Crippen molar-refractivity contribution in [2.45, 2.75) is 12.5 Å². The van der Waals surface area contributed by atoms with E-state index in [1.54, 1.807) is 0 Å². The fourth-order valence-electron chi connectivity index (χ4n) is 1.16. The van der Waals surface area contributed by atoms with E-state index in [9.17, 15) is 9.59 Å². The molecule has 0 bridgehead atoms. The van der Waals surface area contributed by atoms with E-state index in [-0.39, 0.29) is 0 Å². The molecule has 0 aromatic heterocycles. The fourth-order valence-corrected chi connectivity index (χ4v) is 1.16. The average Bonchev–Trinajstić information content (AvgIpc) is 2.36. The van der Waals surface area contributed by atoms with Gasteiger partial charge in [0.15, 0.2) is 0 Å². The monoisotopic (exact) mass is 252 g/mol. The first-order chi connectivity index (χ1) is 8.50. The smallest absolute Gasteiger partial charge is 0.318 e. The summed E-state index contributed by atoms with van der Waals surface area (Å²) in [6.45, 7) is 0. The Labute approximate surface area is 105 Å². The molecular formula is C12H16N2O4. The average molecular weight is 252 g/mol. The molecule has 0 aliphatic carbocycles. The molecule has 6 heteroatoms. The van der Waals surface area contributed by atoms with Crippen LogP contribution in [0.3, 0.4) is 0 Å². The third-order valence-electron chi connectivity index (χ3n) is 2.16. The summed E-state index contributed by atoms with van der Waals surface area (Å²) in [4.78, 5) is 32.2. The fraction of sp³-hybridized carbons (Fsp3) is 0.333. The molecule has 0 unspecified atom stereocenters. The van der Waals surface area contributed by atoms with Crippen molar-refractivity contribution in [2.24, 2.45) is 5.73 Å². The number of nitrogens with zero attached hydrogens (tertiary/aromatic N) is 1. The first-order valence-electron chi connectivity index (χ1n) is 5.40. The molecule has 2 N–H and O–H groups in total. The van der Waals surface area contributed by atoms with Crippen LogP contribution < -0.4 is 5.73 Å². The molecule has 1 atom stereocenters. The van der Waals surface area contributed by atoms with Crippen molar-refractivity contribution in [3.05, 3.63) is 35.9 Å². The van der Waals surface area contributed by atoms with Gasteiger partial charge in [-0.1, -0.05) is 30.3 Å². The molecule has 0 aliphatic heterocycles. The molecule has 1 aromatic carbocycles. The third-order valence-corrected chi connectivity index (χ3v) is 2.16. The number of carbonyl (C=O) groups is 2. The van der Waals surface area contributed by atoms with E-state index in [1.807, 2.05) is 30.3 Å². The molecule has 1 amide bonds. The van der Waals surface area contributed by atoms with E-state index < -0.39 is 18.1 Å². The molecule has 6 nitrogen and oxygen atoms in total. The van der Waals surface area contributed by atoms with Crippen LogP contribution in [0.2, 0.25) is 0 Å². The van der Waals surface area contributed by atoms with Gasteiger partial charge in [0, 0.05) is 14.1 Å². The van der Waals surface area contributed by atoms with Crippen LogP contribution in [-0.2, 0) is 21.0 Å². The SMILES string of the molecule is CN(C)C(=O)OOC(=O)[C@@H](N)Cc1ccccc1. The molecule has 0 fully saturated rings. The quantitative estimate of drug-likeness (QED) is 0.633. The van der Waals surface area contributed by atoms with Crippen LogP contribution in [0.15, 0.2) is 30.3 Å². The Bertz CT molecular complexity index is 406. The predicted molar refractivity (Wildman–Crippen MR) is 64.4 cm³/mol. The summed E-state index contributed by atoms with van der Waals surface area (Å²) in [6.07, 6.45) is -0.450. The molecule has 98 valence electrons. The minimum Gasteiger partial charge on any atom is -0.318 e. The van der Waals surface area contributed by atoms with Gasteiger partial charge in [-0.05, 0) is 12.0 Å². The zero-order valence-electron chi connectivity index (χ0n) is 10.3. The minimum absolute atomic E-state index is 0.319. The van der Waals surface area contributed by atoms with Crippen molar-refractivity contribution in [1.82, 2.24) is 4.90 Å². The largest absolute Gasteiger partial charge is 0.452 e. The van der Waals surface area contributed by atoms with E-state index in [1.165, 1.54) is 14.1 Å². The summed E-state index contributed by atoms with van der Waals surface area (Å²) in [5.74, 6) is -0.783. The van der Waals surface area contributed by atoms with Crippen LogP contribution in [0.5, 0.6) is 0 Å². The van der Waals surface area contributed by atoms with Gasteiger partial charge < -0.3 is 10.6 Å². The number of hydrogen-bond donors (Lipinski definition) is 1. The van der Waals surface area contributed by atoms with E-state index >= 15 is 0 Å². The number of nitrogens with two attached hydrogens (primary N) is 1. The van der Waals surface area contributed by atoms with Gasteiger partial charge >= 0.3 is 12.1 Å². The van der Waals surface area contributed by atoms with E-state index in [0.717, 1.165) is 10.5 Å². The number of rotatable bonds is 3. The van der Waals surface area contributed by atoms with E-state index in [2.05, 4.69) is 9.78 Å². The normalized spacial score (nSPS) is 11.5. The van der Waals surface area contributed by atoms with Crippen molar-refractivity contribution < 1.29 is 19.4 Å². The standard InChI is InChI=1S/C12H16N2O4/c1-14(2)12(16)18-17-11(15)10(13)8-9-6-4-3-5-7-9/h3-7,10H,8,13H2,1-2H3/t10-/m0/s1. The van der Waals surface area contributed by atoms with Gasteiger partial charge in [0.1, 0.15) is 6.04 Å². The molecule has 0 saturated carbocycles. The maximum Gasteiger partial charge on any atom is 0.452 e. The van der Waals surface area contributed by atoms with Crippen LogP contribution in [0, 0.1) is 0 Å². The lowest BCUT2D eigenvalue weighted by atomic mass is 10.1. The maximum atomic E-state index is 11.4. The Morgan fingerprint density at radius 1 is 1.22 bits per heavy atom. The topological polar surface area (TPSA) is 81.9 Å². The first-order valence-corrected chi connectivity index (χ1v) is 5.40. The Kier molecular flexibility index (Phi) is 5.13. The van der Waals surface area contributed by atoms with E-state index in [4.69, 9.17) is 5.73 Å². The highest BCUT2D eigenvalue weighted by Gasteiger charge is 2.19. The molecule has 0 spiro atoms. The molecule has 0 saturated heterocycles. The first kappa shape index (κ1) is 14.0. The summed E-state index contributed by atoms with van der Waals surface area (Å²) in [5.41, 5.74) is 6.54. The summed E-state index contributed by atoms with van der Waals surface area (Å²) >= 11 is 0. The van der Waals surface area contributed by atoms with Crippen molar-refractivity contribution in [2.75, 3.05) is 14.1 Å². The van der Waals surface area contributed by atoms with Gasteiger partial charge in [-0.3, -0.25) is 0 Å². The number of hydrogen-bond acceptors (Lipinski definition) is 5. The maximum absolute atomic E-state index is 11.4. The number of carbonyl (C=O) groups excluding carboxylic acids is 2. The van der Waals surface area contributed by atoms with Crippen molar-refractivity contribution in [3.63, 3.8) is 0 Å². The van der Waals surface area contributed by atoms with Gasteiger partial charge in [-0.15, -0.1) is 0 Å². The van der Waals surface area contributed by atoms with Gasteiger partial charge in [0.25, 0.3) is 0 Å². The highest BCUT2D eigenvalue weighted by molar-refractivity contribution is 5.76. The van der Waals surface area contributed by atoms with Gasteiger partial charge in [-0.2, -0.15) is 0 Å². The zero-order valence-corrected chi connectivity index (χ0v) is 10.3. The lowest BCUT2D eigenvalue weighted by molar-refractivity contribution is -0.237. The van der Waals surface area contributed by atoms with Crippen molar-refractivity contribution in [3.8, 4) is 0 Å². The second-order valence-electron chi connectivity index (χ2n) is 3.94. The summed E-state index contributed by atoms with van der Waals surface area (Å²) in [6, 6.07) is 8.38. The molecule has 1 rings (SSSR count). The predicted octanol–water partition coefficient (Wildman–Crippen LogP) is 0.713. The number of amides is 1. The number of benzene rings is 1. The molecule has 1 aromatic rings. The Morgan fingerprint density at radius 2 is 1.83 bits per heavy atom. The molecule has 0 heterocycles. The van der Waals surface area contributed by atoms with Crippen LogP contribution >= 0.6 is 0 Å². The van der Waals surface area contributed by atoms with Gasteiger partial charge in [0.05, 0.1) is 0 Å². The molecular weight excluding hydrogens is 236 g/mol. The summed E-state index contributed by atoms with van der Waals surface area (Å²) in [5, 5.41) is 0. The van der Waals surface area contributed by atoms with Gasteiger partial charge in [0.2, 0.25) is 0 Å². The summed E-state index contributed by atoms with van der Waals surface area (Å²) in [7, 11) is 2.94. The zero-order chi connectivity index (χ0) is 13.5. The second kappa shape index (κ2) is 6.61. The highest BCUT2D eigenvalue weighted by atomic mass is 17.2. The molecule has 0 aliphatic rings. The van der Waals surface area contributed by atoms with Crippen LogP contribution in [-0.4, -0.2) is 37.1 Å². The second-order valence-corrected chi connectivity index (χ2v) is 3.94.